The molecule has 0 saturated carbocycles. The van der Waals surface area contributed by atoms with E-state index in [2.05, 4.69) is 49.4 Å². The Labute approximate surface area is 115 Å². The molecule has 0 spiro atoms. The minimum absolute atomic E-state index is 0.216. The number of rotatable bonds is 2. The van der Waals surface area contributed by atoms with E-state index in [0.29, 0.717) is 12.1 Å². The van der Waals surface area contributed by atoms with Crippen LogP contribution in [0, 0.1) is 0 Å². The Morgan fingerprint density at radius 2 is 2.21 bits per heavy atom. The number of hydrogen-bond acceptors (Lipinski definition) is 3. The van der Waals surface area contributed by atoms with Gasteiger partial charge in [-0.25, -0.2) is 0 Å². The number of likely N-dealkylation sites (N-methyl/N-ethyl adjacent to an activating group) is 2. The van der Waals surface area contributed by atoms with Crippen LogP contribution < -0.4 is 10.1 Å². The minimum Gasteiger partial charge on any atom is -0.497 e. The van der Waals surface area contributed by atoms with Gasteiger partial charge in [0.05, 0.1) is 7.11 Å². The van der Waals surface area contributed by atoms with Crippen molar-refractivity contribution in [3.63, 3.8) is 0 Å². The van der Waals surface area contributed by atoms with Gasteiger partial charge in [0, 0.05) is 17.5 Å². The zero-order valence-corrected chi connectivity index (χ0v) is 12.4. The third-order valence-electron chi connectivity index (χ3n) is 5.29. The monoisotopic (exact) mass is 260 g/mol. The van der Waals surface area contributed by atoms with Crippen LogP contribution in [0.4, 0.5) is 0 Å². The lowest BCUT2D eigenvalue weighted by atomic mass is 9.62. The van der Waals surface area contributed by atoms with E-state index in [0.717, 1.165) is 12.2 Å². The lowest BCUT2D eigenvalue weighted by Crippen LogP contribution is -2.65. The molecule has 3 nitrogen and oxygen atoms in total. The first-order valence-electron chi connectivity index (χ1n) is 7.15. The number of likely N-dealkylation sites (tertiary alicyclic amines) is 1. The van der Waals surface area contributed by atoms with Gasteiger partial charge in [0.2, 0.25) is 0 Å². The van der Waals surface area contributed by atoms with E-state index >= 15 is 0 Å². The van der Waals surface area contributed by atoms with Crippen LogP contribution in [0.3, 0.4) is 0 Å². The van der Waals surface area contributed by atoms with Gasteiger partial charge in [0.15, 0.2) is 0 Å². The van der Waals surface area contributed by atoms with Crippen molar-refractivity contribution in [1.29, 1.82) is 0 Å². The quantitative estimate of drug-likeness (QED) is 0.877. The Balaban J connectivity index is 2.13. The highest BCUT2D eigenvalue weighted by molar-refractivity contribution is 5.45. The van der Waals surface area contributed by atoms with Crippen LogP contribution in [0.15, 0.2) is 18.2 Å². The lowest BCUT2D eigenvalue weighted by Gasteiger charge is -2.54. The second kappa shape index (κ2) is 4.50. The number of nitrogens with one attached hydrogen (secondary N) is 1. The molecule has 3 heteroatoms. The molecule has 1 aromatic carbocycles. The van der Waals surface area contributed by atoms with E-state index in [9.17, 15) is 0 Å². The number of ether oxygens (including phenoxy) is 1. The average Bonchev–Trinajstić information content (AvgIpc) is 2.43. The Hall–Kier alpha value is -1.06. The fourth-order valence-electron chi connectivity index (χ4n) is 4.11. The van der Waals surface area contributed by atoms with Crippen molar-refractivity contribution < 1.29 is 4.74 Å². The van der Waals surface area contributed by atoms with E-state index in [4.69, 9.17) is 4.74 Å². The van der Waals surface area contributed by atoms with Gasteiger partial charge in [0.25, 0.3) is 0 Å². The van der Waals surface area contributed by atoms with Crippen molar-refractivity contribution in [3.05, 3.63) is 29.3 Å². The van der Waals surface area contributed by atoms with Crippen LogP contribution in [-0.4, -0.2) is 44.7 Å². The molecule has 1 saturated heterocycles. The predicted octanol–water partition coefficient (Wildman–Crippen LogP) is 1.80. The van der Waals surface area contributed by atoms with Crippen LogP contribution in [0.2, 0.25) is 0 Å². The number of fused-ring (bicyclic) bond motifs is 4. The van der Waals surface area contributed by atoms with Crippen molar-refractivity contribution in [2.24, 2.45) is 0 Å². The molecule has 0 aromatic heterocycles. The third-order valence-corrected chi connectivity index (χ3v) is 5.29. The predicted molar refractivity (Wildman–Crippen MR) is 77.9 cm³/mol. The number of benzene rings is 1. The van der Waals surface area contributed by atoms with Crippen molar-refractivity contribution in [2.75, 3.05) is 27.7 Å². The van der Waals surface area contributed by atoms with Crippen LogP contribution in [0.25, 0.3) is 0 Å². The third kappa shape index (κ3) is 1.79. The highest BCUT2D eigenvalue weighted by atomic mass is 16.5. The standard InChI is InChI=1S/C16H24N2O/c1-16-7-8-18(3)14(15(16)17-2)9-11-5-6-12(19-4)10-13(11)16/h5-6,10,14-15,17H,7-9H2,1-4H3/t14-,15-,16?/m1/s1. The number of piperidine rings is 1. The number of methoxy groups -OCH3 is 1. The second-order valence-electron chi connectivity index (χ2n) is 6.21. The normalized spacial score (nSPS) is 33.9. The highest BCUT2D eigenvalue weighted by Gasteiger charge is 2.49. The Morgan fingerprint density at radius 1 is 1.42 bits per heavy atom. The average molecular weight is 260 g/mol. The molecule has 1 heterocycles. The molecule has 2 aliphatic rings. The molecule has 1 N–H and O–H groups in total. The molecule has 104 valence electrons. The summed E-state index contributed by atoms with van der Waals surface area (Å²) in [5.74, 6) is 0.979. The largest absolute Gasteiger partial charge is 0.497 e. The summed E-state index contributed by atoms with van der Waals surface area (Å²) < 4.78 is 5.42. The van der Waals surface area contributed by atoms with Crippen molar-refractivity contribution in [3.8, 4) is 5.75 Å². The van der Waals surface area contributed by atoms with Gasteiger partial charge in [-0.2, -0.15) is 0 Å². The van der Waals surface area contributed by atoms with Crippen LogP contribution in [-0.2, 0) is 11.8 Å². The Kier molecular flexibility index (Phi) is 3.06. The topological polar surface area (TPSA) is 24.5 Å². The molecule has 0 radical (unpaired) electrons. The molecular formula is C16H24N2O. The van der Waals surface area contributed by atoms with Crippen molar-refractivity contribution >= 4 is 0 Å². The zero-order valence-electron chi connectivity index (χ0n) is 12.4. The second-order valence-corrected chi connectivity index (χ2v) is 6.21. The van der Waals surface area contributed by atoms with Gasteiger partial charge in [0.1, 0.15) is 5.75 Å². The van der Waals surface area contributed by atoms with Crippen LogP contribution in [0.5, 0.6) is 5.75 Å². The first-order chi connectivity index (χ1) is 9.10. The SMILES string of the molecule is CN[C@@H]1[C@H]2Cc3ccc(OC)cc3C1(C)CCN2C. The molecule has 1 aliphatic carbocycles. The summed E-state index contributed by atoms with van der Waals surface area (Å²) in [4.78, 5) is 2.51. The van der Waals surface area contributed by atoms with Crippen LogP contribution in [0.1, 0.15) is 24.5 Å². The van der Waals surface area contributed by atoms with Crippen molar-refractivity contribution in [1.82, 2.24) is 10.2 Å². The highest BCUT2D eigenvalue weighted by Crippen LogP contribution is 2.45. The summed E-state index contributed by atoms with van der Waals surface area (Å²) in [5.41, 5.74) is 3.19. The molecule has 0 amide bonds. The fourth-order valence-corrected chi connectivity index (χ4v) is 4.11. The minimum atomic E-state index is 0.216. The maximum absolute atomic E-state index is 5.42. The first-order valence-corrected chi connectivity index (χ1v) is 7.15. The summed E-state index contributed by atoms with van der Waals surface area (Å²) in [7, 11) is 6.10. The molecule has 3 atom stereocenters. The van der Waals surface area contributed by atoms with E-state index < -0.39 is 0 Å². The summed E-state index contributed by atoms with van der Waals surface area (Å²) in [6.07, 6.45) is 2.34. The molecule has 3 rings (SSSR count). The van der Waals surface area contributed by atoms with E-state index in [1.165, 1.54) is 24.1 Å². The number of nitrogens with zero attached hydrogens (tertiary/aromatic N) is 1. The summed E-state index contributed by atoms with van der Waals surface area (Å²) >= 11 is 0. The molecule has 1 aromatic rings. The molecule has 2 bridgehead atoms. The lowest BCUT2D eigenvalue weighted by molar-refractivity contribution is 0.0701. The van der Waals surface area contributed by atoms with Gasteiger partial charge >= 0.3 is 0 Å². The molecular weight excluding hydrogens is 236 g/mol. The molecule has 1 fully saturated rings. The van der Waals surface area contributed by atoms with Gasteiger partial charge in [-0.3, -0.25) is 0 Å². The van der Waals surface area contributed by atoms with Gasteiger partial charge in [-0.1, -0.05) is 13.0 Å². The maximum Gasteiger partial charge on any atom is 0.119 e. The summed E-state index contributed by atoms with van der Waals surface area (Å²) in [5, 5.41) is 3.57. The zero-order chi connectivity index (χ0) is 13.6. The molecule has 1 aliphatic heterocycles. The maximum atomic E-state index is 5.42. The molecule has 1 unspecified atom stereocenters. The fraction of sp³-hybridized carbons (Fsp3) is 0.625. The molecule has 19 heavy (non-hydrogen) atoms. The van der Waals surface area contributed by atoms with E-state index in [1.54, 1.807) is 7.11 Å². The Bertz CT molecular complexity index is 488. The smallest absolute Gasteiger partial charge is 0.119 e. The Morgan fingerprint density at radius 3 is 2.89 bits per heavy atom. The summed E-state index contributed by atoms with van der Waals surface area (Å²) in [6.45, 7) is 3.58. The van der Waals surface area contributed by atoms with Gasteiger partial charge < -0.3 is 15.0 Å². The van der Waals surface area contributed by atoms with Gasteiger partial charge in [-0.05, 0) is 56.7 Å². The summed E-state index contributed by atoms with van der Waals surface area (Å²) in [6, 6.07) is 7.72. The van der Waals surface area contributed by atoms with E-state index in [1.807, 2.05) is 0 Å². The van der Waals surface area contributed by atoms with Crippen molar-refractivity contribution in [2.45, 2.75) is 37.3 Å². The first kappa shape index (κ1) is 12.9. The number of hydrogen-bond donors (Lipinski definition) is 1. The van der Waals surface area contributed by atoms with E-state index in [-0.39, 0.29) is 5.41 Å². The van der Waals surface area contributed by atoms with Crippen LogP contribution >= 0.6 is 0 Å². The van der Waals surface area contributed by atoms with Gasteiger partial charge in [-0.15, -0.1) is 0 Å².